The van der Waals surface area contributed by atoms with Gasteiger partial charge in [0.2, 0.25) is 0 Å². The first-order chi connectivity index (χ1) is 12.2. The molecule has 0 spiro atoms. The van der Waals surface area contributed by atoms with Crippen molar-refractivity contribution in [3.63, 3.8) is 0 Å². The summed E-state index contributed by atoms with van der Waals surface area (Å²) in [7, 11) is 0. The molecule has 6 nitrogen and oxygen atoms in total. The molecule has 1 aromatic carbocycles. The Hall–Kier alpha value is -2.57. The van der Waals surface area contributed by atoms with E-state index in [1.165, 1.54) is 12.1 Å². The maximum absolute atomic E-state index is 12.9. The summed E-state index contributed by atoms with van der Waals surface area (Å²) in [6, 6.07) is 5.98. The number of piperidine rings is 1. The van der Waals surface area contributed by atoms with Crippen LogP contribution in [0.2, 0.25) is 0 Å². The van der Waals surface area contributed by atoms with Gasteiger partial charge in [0.25, 0.3) is 0 Å². The molecule has 1 aromatic heterocycles. The summed E-state index contributed by atoms with van der Waals surface area (Å²) in [6.45, 7) is 3.26. The average Bonchev–Trinajstić information content (AvgIpc) is 3.15. The predicted molar refractivity (Wildman–Crippen MR) is 91.8 cm³/mol. The third-order valence-electron chi connectivity index (χ3n) is 4.31. The molecule has 1 aliphatic rings. The molecule has 134 valence electrons. The first-order valence-electron chi connectivity index (χ1n) is 8.57. The van der Waals surface area contributed by atoms with Crippen LogP contribution in [0.5, 0.6) is 5.75 Å². The molecule has 2 amide bonds. The standard InChI is InChI=1S/C18H23FN4O2/c19-16-3-5-17(6-4-16)25-13-15-2-1-9-23(12-15)18(24)21-8-11-22-10-7-20-14-22/h3-7,10,14-15H,1-2,8-9,11-13H2,(H,21,24)/t15-/m1/s1. The molecule has 0 saturated carbocycles. The average molecular weight is 346 g/mol. The van der Waals surface area contributed by atoms with E-state index < -0.39 is 0 Å². The lowest BCUT2D eigenvalue weighted by Crippen LogP contribution is -2.47. The highest BCUT2D eigenvalue weighted by atomic mass is 19.1. The molecule has 0 radical (unpaired) electrons. The third-order valence-corrected chi connectivity index (χ3v) is 4.31. The lowest BCUT2D eigenvalue weighted by atomic mass is 9.99. The molecule has 0 aliphatic carbocycles. The van der Waals surface area contributed by atoms with E-state index in [4.69, 9.17) is 4.74 Å². The van der Waals surface area contributed by atoms with Crippen LogP contribution < -0.4 is 10.1 Å². The largest absolute Gasteiger partial charge is 0.493 e. The molecule has 1 aliphatic heterocycles. The number of benzene rings is 1. The molecule has 1 N–H and O–H groups in total. The maximum atomic E-state index is 12.9. The number of nitrogens with zero attached hydrogens (tertiary/aromatic N) is 3. The Morgan fingerprint density at radius 1 is 1.36 bits per heavy atom. The van der Waals surface area contributed by atoms with Crippen molar-refractivity contribution in [3.8, 4) is 5.75 Å². The van der Waals surface area contributed by atoms with E-state index in [9.17, 15) is 9.18 Å². The van der Waals surface area contributed by atoms with Crippen molar-refractivity contribution in [3.05, 3.63) is 48.8 Å². The van der Waals surface area contributed by atoms with Crippen LogP contribution in [0.15, 0.2) is 43.0 Å². The van der Waals surface area contributed by atoms with E-state index in [0.717, 1.165) is 19.4 Å². The van der Waals surface area contributed by atoms with Gasteiger partial charge in [-0.3, -0.25) is 0 Å². The molecular formula is C18H23FN4O2. The number of amides is 2. The molecule has 25 heavy (non-hydrogen) atoms. The number of halogens is 1. The number of imidazole rings is 1. The van der Waals surface area contributed by atoms with Crippen molar-refractivity contribution in [1.29, 1.82) is 0 Å². The van der Waals surface area contributed by atoms with Gasteiger partial charge in [0.1, 0.15) is 11.6 Å². The van der Waals surface area contributed by atoms with E-state index >= 15 is 0 Å². The second-order valence-corrected chi connectivity index (χ2v) is 6.25. The van der Waals surface area contributed by atoms with Gasteiger partial charge >= 0.3 is 6.03 Å². The summed E-state index contributed by atoms with van der Waals surface area (Å²) < 4.78 is 20.6. The van der Waals surface area contributed by atoms with Crippen LogP contribution in [0, 0.1) is 11.7 Å². The Morgan fingerprint density at radius 3 is 2.96 bits per heavy atom. The Morgan fingerprint density at radius 2 is 2.20 bits per heavy atom. The minimum atomic E-state index is -0.274. The molecule has 3 rings (SSSR count). The number of ether oxygens (including phenoxy) is 1. The molecule has 2 heterocycles. The van der Waals surface area contributed by atoms with Gasteiger partial charge in [-0.2, -0.15) is 0 Å². The second kappa shape index (κ2) is 8.50. The van der Waals surface area contributed by atoms with Crippen molar-refractivity contribution < 1.29 is 13.9 Å². The SMILES string of the molecule is O=C(NCCn1ccnc1)N1CCC[C@@H](COc2ccc(F)cc2)C1. The predicted octanol–water partition coefficient (Wildman–Crippen LogP) is 2.52. The molecule has 7 heteroatoms. The Kier molecular flexibility index (Phi) is 5.87. The van der Waals surface area contributed by atoms with E-state index in [0.29, 0.717) is 37.9 Å². The Bertz CT molecular complexity index is 660. The van der Waals surface area contributed by atoms with E-state index in [1.807, 2.05) is 15.7 Å². The van der Waals surface area contributed by atoms with Crippen molar-refractivity contribution in [2.45, 2.75) is 19.4 Å². The minimum Gasteiger partial charge on any atom is -0.493 e. The van der Waals surface area contributed by atoms with Crippen LogP contribution in [0.1, 0.15) is 12.8 Å². The van der Waals surface area contributed by atoms with Crippen LogP contribution in [0.4, 0.5) is 9.18 Å². The highest BCUT2D eigenvalue weighted by Crippen LogP contribution is 2.19. The molecule has 1 fully saturated rings. The first kappa shape index (κ1) is 17.3. The fraction of sp³-hybridized carbons (Fsp3) is 0.444. The summed E-state index contributed by atoms with van der Waals surface area (Å²) in [5.41, 5.74) is 0. The van der Waals surface area contributed by atoms with Gasteiger partial charge in [-0.25, -0.2) is 14.2 Å². The number of urea groups is 1. The molecular weight excluding hydrogens is 323 g/mol. The Balaban J connectivity index is 1.40. The van der Waals surface area contributed by atoms with Gasteiger partial charge in [-0.15, -0.1) is 0 Å². The number of rotatable bonds is 6. The molecule has 0 unspecified atom stereocenters. The van der Waals surface area contributed by atoms with E-state index in [2.05, 4.69) is 10.3 Å². The molecule has 2 aromatic rings. The van der Waals surface area contributed by atoms with Crippen LogP contribution in [0.3, 0.4) is 0 Å². The van der Waals surface area contributed by atoms with E-state index in [-0.39, 0.29) is 11.8 Å². The number of aromatic nitrogens is 2. The Labute approximate surface area is 146 Å². The van der Waals surface area contributed by atoms with Gasteiger partial charge in [0.15, 0.2) is 0 Å². The monoisotopic (exact) mass is 346 g/mol. The molecule has 1 atom stereocenters. The summed E-state index contributed by atoms with van der Waals surface area (Å²) >= 11 is 0. The lowest BCUT2D eigenvalue weighted by Gasteiger charge is -2.32. The highest BCUT2D eigenvalue weighted by Gasteiger charge is 2.23. The van der Waals surface area contributed by atoms with Crippen molar-refractivity contribution in [2.24, 2.45) is 5.92 Å². The van der Waals surface area contributed by atoms with Crippen molar-refractivity contribution in [1.82, 2.24) is 19.8 Å². The van der Waals surface area contributed by atoms with E-state index in [1.54, 1.807) is 24.7 Å². The number of nitrogens with one attached hydrogen (secondary N) is 1. The van der Waals surface area contributed by atoms with Gasteiger partial charge in [-0.05, 0) is 37.1 Å². The zero-order chi connectivity index (χ0) is 17.5. The minimum absolute atomic E-state index is 0.0356. The van der Waals surface area contributed by atoms with Crippen LogP contribution >= 0.6 is 0 Å². The molecule has 0 bridgehead atoms. The quantitative estimate of drug-likeness (QED) is 0.874. The fourth-order valence-electron chi connectivity index (χ4n) is 2.95. The number of carbonyl (C=O) groups excluding carboxylic acids is 1. The van der Waals surface area contributed by atoms with Crippen LogP contribution in [-0.4, -0.2) is 46.7 Å². The highest BCUT2D eigenvalue weighted by molar-refractivity contribution is 5.74. The number of hydrogen-bond acceptors (Lipinski definition) is 3. The second-order valence-electron chi connectivity index (χ2n) is 6.25. The zero-order valence-corrected chi connectivity index (χ0v) is 14.1. The van der Waals surface area contributed by atoms with Crippen LogP contribution in [0.25, 0.3) is 0 Å². The fourth-order valence-corrected chi connectivity index (χ4v) is 2.95. The van der Waals surface area contributed by atoms with Gasteiger partial charge in [0, 0.05) is 44.5 Å². The third kappa shape index (κ3) is 5.20. The number of likely N-dealkylation sites (tertiary alicyclic amines) is 1. The lowest BCUT2D eigenvalue weighted by molar-refractivity contribution is 0.137. The van der Waals surface area contributed by atoms with Crippen molar-refractivity contribution >= 4 is 6.03 Å². The number of hydrogen-bond donors (Lipinski definition) is 1. The van der Waals surface area contributed by atoms with Gasteiger partial charge in [-0.1, -0.05) is 0 Å². The zero-order valence-electron chi connectivity index (χ0n) is 14.1. The van der Waals surface area contributed by atoms with Crippen LogP contribution in [-0.2, 0) is 6.54 Å². The van der Waals surface area contributed by atoms with Gasteiger partial charge in [0.05, 0.1) is 12.9 Å². The summed E-state index contributed by atoms with van der Waals surface area (Å²) in [5, 5.41) is 2.95. The number of carbonyl (C=O) groups is 1. The summed E-state index contributed by atoms with van der Waals surface area (Å²) in [6.07, 6.45) is 7.32. The summed E-state index contributed by atoms with van der Waals surface area (Å²) in [4.78, 5) is 18.1. The van der Waals surface area contributed by atoms with Crippen molar-refractivity contribution in [2.75, 3.05) is 26.2 Å². The summed E-state index contributed by atoms with van der Waals surface area (Å²) in [5.74, 6) is 0.671. The molecule has 1 saturated heterocycles. The maximum Gasteiger partial charge on any atom is 0.317 e. The first-order valence-corrected chi connectivity index (χ1v) is 8.57. The smallest absolute Gasteiger partial charge is 0.317 e. The van der Waals surface area contributed by atoms with Gasteiger partial charge < -0.3 is 19.5 Å². The topological polar surface area (TPSA) is 59.4 Å². The normalized spacial score (nSPS) is 17.3.